The van der Waals surface area contributed by atoms with Gasteiger partial charge in [0.2, 0.25) is 0 Å². The molecule has 0 bridgehead atoms. The van der Waals surface area contributed by atoms with Gasteiger partial charge >= 0.3 is 0 Å². The minimum absolute atomic E-state index is 0.706. The molecule has 1 fully saturated rings. The van der Waals surface area contributed by atoms with Gasteiger partial charge in [0.05, 0.1) is 0 Å². The van der Waals surface area contributed by atoms with Crippen LogP contribution in [0.15, 0.2) is 0 Å². The number of hydrogen-bond acceptors (Lipinski definition) is 1. The standard InChI is InChI=1S/C18H33N/c1-4-7-9-11-18(19-6-3)17-14-12-16(13-15-17)10-8-5-2/h16-19H,5-6,8-15H2,1-3H3. The van der Waals surface area contributed by atoms with E-state index in [1.54, 1.807) is 0 Å². The summed E-state index contributed by atoms with van der Waals surface area (Å²) in [6, 6.07) is 0.706. The van der Waals surface area contributed by atoms with Crippen molar-refractivity contribution in [2.45, 2.75) is 84.6 Å². The second-order valence-corrected chi connectivity index (χ2v) is 6.05. The summed E-state index contributed by atoms with van der Waals surface area (Å²) >= 11 is 0. The molecule has 1 rings (SSSR count). The molecule has 1 aliphatic rings. The monoisotopic (exact) mass is 263 g/mol. The van der Waals surface area contributed by atoms with Gasteiger partial charge in [0.15, 0.2) is 0 Å². The molecule has 1 atom stereocenters. The fourth-order valence-corrected chi connectivity index (χ4v) is 3.49. The lowest BCUT2D eigenvalue weighted by Gasteiger charge is -2.34. The summed E-state index contributed by atoms with van der Waals surface area (Å²) in [6.45, 7) is 7.58. The van der Waals surface area contributed by atoms with Crippen LogP contribution >= 0.6 is 0 Å². The highest BCUT2D eigenvalue weighted by Crippen LogP contribution is 2.34. The van der Waals surface area contributed by atoms with Gasteiger partial charge < -0.3 is 5.32 Å². The smallest absolute Gasteiger partial charge is 0.0104 e. The highest BCUT2D eigenvalue weighted by atomic mass is 14.9. The molecule has 1 heteroatoms. The molecule has 0 aromatic heterocycles. The van der Waals surface area contributed by atoms with Gasteiger partial charge in [0, 0.05) is 12.5 Å². The molecule has 1 aliphatic carbocycles. The minimum Gasteiger partial charge on any atom is -0.314 e. The summed E-state index contributed by atoms with van der Waals surface area (Å²) in [5, 5.41) is 3.70. The first kappa shape index (κ1) is 16.6. The zero-order valence-corrected chi connectivity index (χ0v) is 13.3. The summed E-state index contributed by atoms with van der Waals surface area (Å²) < 4.78 is 0. The van der Waals surface area contributed by atoms with Crippen molar-refractivity contribution >= 4 is 0 Å². The van der Waals surface area contributed by atoms with Crippen LogP contribution in [0.1, 0.15) is 78.6 Å². The molecule has 0 radical (unpaired) electrons. The minimum atomic E-state index is 0.706. The Morgan fingerprint density at radius 2 is 1.89 bits per heavy atom. The lowest BCUT2D eigenvalue weighted by Crippen LogP contribution is -2.38. The van der Waals surface area contributed by atoms with Crippen molar-refractivity contribution in [1.82, 2.24) is 5.32 Å². The van der Waals surface area contributed by atoms with Gasteiger partial charge in [0.1, 0.15) is 0 Å². The van der Waals surface area contributed by atoms with E-state index in [1.165, 1.54) is 51.4 Å². The first-order chi connectivity index (χ1) is 9.31. The van der Waals surface area contributed by atoms with Crippen molar-refractivity contribution < 1.29 is 0 Å². The van der Waals surface area contributed by atoms with Crippen LogP contribution in [0.2, 0.25) is 0 Å². The number of unbranched alkanes of at least 4 members (excludes halogenated alkanes) is 1. The Labute approximate surface area is 120 Å². The average molecular weight is 263 g/mol. The third-order valence-electron chi connectivity index (χ3n) is 4.65. The molecule has 0 saturated heterocycles. The molecule has 0 aromatic carbocycles. The normalized spacial score (nSPS) is 24.6. The topological polar surface area (TPSA) is 12.0 Å². The lowest BCUT2D eigenvalue weighted by molar-refractivity contribution is 0.208. The van der Waals surface area contributed by atoms with Crippen molar-refractivity contribution in [3.8, 4) is 11.8 Å². The highest BCUT2D eigenvalue weighted by molar-refractivity contribution is 4.96. The zero-order valence-electron chi connectivity index (χ0n) is 13.3. The lowest BCUT2D eigenvalue weighted by atomic mass is 9.76. The third kappa shape index (κ3) is 6.48. The summed E-state index contributed by atoms with van der Waals surface area (Å²) in [7, 11) is 0. The molecular formula is C18H33N. The van der Waals surface area contributed by atoms with E-state index in [9.17, 15) is 0 Å². The largest absolute Gasteiger partial charge is 0.314 e. The quantitative estimate of drug-likeness (QED) is 0.622. The van der Waals surface area contributed by atoms with Crippen LogP contribution < -0.4 is 5.32 Å². The van der Waals surface area contributed by atoms with E-state index in [2.05, 4.69) is 31.0 Å². The van der Waals surface area contributed by atoms with Gasteiger partial charge in [-0.2, -0.15) is 0 Å². The summed E-state index contributed by atoms with van der Waals surface area (Å²) in [5.41, 5.74) is 0. The van der Waals surface area contributed by atoms with E-state index >= 15 is 0 Å². The fraction of sp³-hybridized carbons (Fsp3) is 0.889. The highest BCUT2D eigenvalue weighted by Gasteiger charge is 2.26. The first-order valence-electron chi connectivity index (χ1n) is 8.44. The molecule has 1 N–H and O–H groups in total. The molecule has 1 unspecified atom stereocenters. The Hall–Kier alpha value is -0.480. The van der Waals surface area contributed by atoms with Gasteiger partial charge in [-0.3, -0.25) is 0 Å². The molecule has 0 heterocycles. The number of hydrogen-bond donors (Lipinski definition) is 1. The molecule has 1 saturated carbocycles. The van der Waals surface area contributed by atoms with Crippen LogP contribution in [0.4, 0.5) is 0 Å². The predicted molar refractivity (Wildman–Crippen MR) is 85.1 cm³/mol. The SMILES string of the molecule is CC#CCCC(NCC)C1CCC(CCCC)CC1. The predicted octanol–water partition coefficient (Wildman–Crippen LogP) is 4.76. The van der Waals surface area contributed by atoms with Crippen molar-refractivity contribution in [2.24, 2.45) is 11.8 Å². The zero-order chi connectivity index (χ0) is 13.9. The van der Waals surface area contributed by atoms with E-state index in [4.69, 9.17) is 0 Å². The van der Waals surface area contributed by atoms with Crippen molar-refractivity contribution in [1.29, 1.82) is 0 Å². The molecular weight excluding hydrogens is 230 g/mol. The van der Waals surface area contributed by atoms with E-state index < -0.39 is 0 Å². The van der Waals surface area contributed by atoms with Crippen LogP contribution in [-0.4, -0.2) is 12.6 Å². The molecule has 19 heavy (non-hydrogen) atoms. The van der Waals surface area contributed by atoms with Gasteiger partial charge in [-0.15, -0.1) is 11.8 Å². The second kappa shape index (κ2) is 10.3. The van der Waals surface area contributed by atoms with Gasteiger partial charge in [0.25, 0.3) is 0 Å². The number of rotatable bonds is 8. The van der Waals surface area contributed by atoms with E-state index in [0.29, 0.717) is 6.04 Å². The van der Waals surface area contributed by atoms with E-state index in [0.717, 1.165) is 24.8 Å². The average Bonchev–Trinajstić information content (AvgIpc) is 2.45. The Morgan fingerprint density at radius 3 is 2.47 bits per heavy atom. The molecule has 0 aliphatic heterocycles. The third-order valence-corrected chi connectivity index (χ3v) is 4.65. The summed E-state index contributed by atoms with van der Waals surface area (Å²) in [4.78, 5) is 0. The van der Waals surface area contributed by atoms with Crippen LogP contribution in [-0.2, 0) is 0 Å². The molecule has 1 nitrogen and oxygen atoms in total. The summed E-state index contributed by atoms with van der Waals surface area (Å²) in [5.74, 6) is 8.17. The van der Waals surface area contributed by atoms with Crippen LogP contribution in [0.25, 0.3) is 0 Å². The second-order valence-electron chi connectivity index (χ2n) is 6.05. The molecule has 0 amide bonds. The fourth-order valence-electron chi connectivity index (χ4n) is 3.49. The maximum atomic E-state index is 3.70. The van der Waals surface area contributed by atoms with Crippen molar-refractivity contribution in [3.63, 3.8) is 0 Å². The maximum absolute atomic E-state index is 3.70. The maximum Gasteiger partial charge on any atom is 0.0104 e. The van der Waals surface area contributed by atoms with Crippen molar-refractivity contribution in [2.75, 3.05) is 6.54 Å². The van der Waals surface area contributed by atoms with E-state index in [-0.39, 0.29) is 0 Å². The van der Waals surface area contributed by atoms with Crippen LogP contribution in [0, 0.1) is 23.7 Å². The molecule has 110 valence electrons. The molecule has 0 aromatic rings. The van der Waals surface area contributed by atoms with Gasteiger partial charge in [-0.1, -0.05) is 46.0 Å². The Morgan fingerprint density at radius 1 is 1.16 bits per heavy atom. The van der Waals surface area contributed by atoms with Gasteiger partial charge in [-0.25, -0.2) is 0 Å². The van der Waals surface area contributed by atoms with Crippen LogP contribution in [0.5, 0.6) is 0 Å². The molecule has 0 spiro atoms. The number of nitrogens with one attached hydrogen (secondary N) is 1. The Kier molecular flexibility index (Phi) is 9.01. The first-order valence-corrected chi connectivity index (χ1v) is 8.44. The Bertz CT molecular complexity index is 265. The van der Waals surface area contributed by atoms with E-state index in [1.807, 2.05) is 6.92 Å². The summed E-state index contributed by atoms with van der Waals surface area (Å²) in [6.07, 6.45) is 12.3. The van der Waals surface area contributed by atoms with Crippen LogP contribution in [0.3, 0.4) is 0 Å². The Balaban J connectivity index is 2.33. The van der Waals surface area contributed by atoms with Gasteiger partial charge in [-0.05, 0) is 44.6 Å². The van der Waals surface area contributed by atoms with Crippen molar-refractivity contribution in [3.05, 3.63) is 0 Å².